The molecule has 0 spiro atoms. The van der Waals surface area contributed by atoms with Gasteiger partial charge in [0.2, 0.25) is 11.9 Å². The summed E-state index contributed by atoms with van der Waals surface area (Å²) in [6.07, 6.45) is 1.67. The van der Waals surface area contributed by atoms with E-state index in [0.29, 0.717) is 24.2 Å². The van der Waals surface area contributed by atoms with E-state index in [1.165, 1.54) is 0 Å². The average Bonchev–Trinajstić information content (AvgIpc) is 2.36. The highest BCUT2D eigenvalue weighted by Crippen LogP contribution is 2.09. The van der Waals surface area contributed by atoms with E-state index in [1.807, 2.05) is 25.9 Å². The highest BCUT2D eigenvalue weighted by molar-refractivity contribution is 5.83. The molecular formula is C13H23N5O. The molecule has 106 valence electrons. The van der Waals surface area contributed by atoms with Gasteiger partial charge in [-0.2, -0.15) is 4.98 Å². The number of amides is 1. The summed E-state index contributed by atoms with van der Waals surface area (Å²) in [4.78, 5) is 22.1. The van der Waals surface area contributed by atoms with E-state index in [1.54, 1.807) is 12.3 Å². The summed E-state index contributed by atoms with van der Waals surface area (Å²) in [5.74, 6) is 1.67. The second kappa shape index (κ2) is 6.92. The van der Waals surface area contributed by atoms with Gasteiger partial charge < -0.3 is 15.5 Å². The van der Waals surface area contributed by atoms with Gasteiger partial charge in [-0.15, -0.1) is 0 Å². The van der Waals surface area contributed by atoms with E-state index in [0.717, 1.165) is 0 Å². The summed E-state index contributed by atoms with van der Waals surface area (Å²) in [6, 6.07) is 1.42. The predicted molar refractivity (Wildman–Crippen MR) is 77.3 cm³/mol. The first-order valence-corrected chi connectivity index (χ1v) is 6.44. The van der Waals surface area contributed by atoms with Crippen LogP contribution in [0.3, 0.4) is 0 Å². The molecule has 2 N–H and O–H groups in total. The van der Waals surface area contributed by atoms with E-state index in [-0.39, 0.29) is 11.9 Å². The minimum Gasteiger partial charge on any atom is -0.358 e. The number of hydrogen-bond acceptors (Lipinski definition) is 5. The maximum atomic E-state index is 11.8. The van der Waals surface area contributed by atoms with Crippen molar-refractivity contribution in [3.8, 4) is 0 Å². The third kappa shape index (κ3) is 5.11. The Balaban J connectivity index is 2.58. The van der Waals surface area contributed by atoms with Crippen LogP contribution >= 0.6 is 0 Å². The molecule has 1 amide bonds. The molecule has 1 aromatic rings. The van der Waals surface area contributed by atoms with Gasteiger partial charge in [-0.1, -0.05) is 13.8 Å². The van der Waals surface area contributed by atoms with Gasteiger partial charge in [0.05, 0.1) is 0 Å². The zero-order chi connectivity index (χ0) is 14.4. The Kier molecular flexibility index (Phi) is 5.54. The van der Waals surface area contributed by atoms with Gasteiger partial charge in [0.15, 0.2) is 0 Å². The second-order valence-electron chi connectivity index (χ2n) is 5.14. The zero-order valence-electron chi connectivity index (χ0n) is 12.3. The Hall–Kier alpha value is -1.85. The van der Waals surface area contributed by atoms with Crippen molar-refractivity contribution in [1.82, 2.24) is 15.3 Å². The molecule has 1 atom stereocenters. The largest absolute Gasteiger partial charge is 0.358 e. The van der Waals surface area contributed by atoms with E-state index >= 15 is 0 Å². The summed E-state index contributed by atoms with van der Waals surface area (Å²) in [5.41, 5.74) is 0. The van der Waals surface area contributed by atoms with Crippen molar-refractivity contribution in [1.29, 1.82) is 0 Å². The van der Waals surface area contributed by atoms with Crippen molar-refractivity contribution >= 4 is 17.7 Å². The summed E-state index contributed by atoms with van der Waals surface area (Å²) < 4.78 is 0. The normalized spacial score (nSPS) is 12.1. The Morgan fingerprint density at radius 1 is 1.37 bits per heavy atom. The fraction of sp³-hybridized carbons (Fsp3) is 0.615. The lowest BCUT2D eigenvalue weighted by atomic mass is 10.2. The van der Waals surface area contributed by atoms with Crippen LogP contribution in [0.15, 0.2) is 12.3 Å². The molecule has 0 saturated carbocycles. The topological polar surface area (TPSA) is 70.2 Å². The Morgan fingerprint density at radius 3 is 2.63 bits per heavy atom. The monoisotopic (exact) mass is 265 g/mol. The summed E-state index contributed by atoms with van der Waals surface area (Å²) in [6.45, 7) is 6.61. The van der Waals surface area contributed by atoms with Crippen LogP contribution in [-0.4, -0.2) is 42.6 Å². The molecule has 0 bridgehead atoms. The molecule has 1 unspecified atom stereocenters. The standard InChI is InChI=1S/C13H23N5O/c1-9(2)8-15-12(19)10(3)16-11-6-7-14-13(17-11)18(4)5/h6-7,9-10H,8H2,1-5H3,(H,15,19)(H,14,16,17). The molecule has 1 rings (SSSR count). The number of nitrogens with zero attached hydrogens (tertiary/aromatic N) is 3. The molecule has 0 aliphatic rings. The maximum absolute atomic E-state index is 11.8. The van der Waals surface area contributed by atoms with Crippen LogP contribution in [-0.2, 0) is 4.79 Å². The molecule has 0 aromatic carbocycles. The first-order chi connectivity index (χ1) is 8.90. The van der Waals surface area contributed by atoms with Gasteiger partial charge in [0, 0.05) is 26.8 Å². The van der Waals surface area contributed by atoms with E-state index in [4.69, 9.17) is 0 Å². The van der Waals surface area contributed by atoms with Crippen molar-refractivity contribution < 1.29 is 4.79 Å². The summed E-state index contributed by atoms with van der Waals surface area (Å²) in [5, 5.41) is 5.96. The van der Waals surface area contributed by atoms with Gasteiger partial charge in [-0.25, -0.2) is 4.98 Å². The van der Waals surface area contributed by atoms with Crippen LogP contribution < -0.4 is 15.5 Å². The van der Waals surface area contributed by atoms with Gasteiger partial charge in [0.25, 0.3) is 0 Å². The SMILES string of the molecule is CC(C)CNC(=O)C(C)Nc1ccnc(N(C)C)n1. The lowest BCUT2D eigenvalue weighted by molar-refractivity contribution is -0.121. The lowest BCUT2D eigenvalue weighted by Crippen LogP contribution is -2.39. The van der Waals surface area contributed by atoms with Gasteiger partial charge in [0.1, 0.15) is 11.9 Å². The molecule has 0 aliphatic carbocycles. The molecule has 0 aliphatic heterocycles. The number of nitrogens with one attached hydrogen (secondary N) is 2. The highest BCUT2D eigenvalue weighted by Gasteiger charge is 2.13. The first-order valence-electron chi connectivity index (χ1n) is 6.44. The smallest absolute Gasteiger partial charge is 0.242 e. The zero-order valence-corrected chi connectivity index (χ0v) is 12.3. The molecule has 6 heteroatoms. The van der Waals surface area contributed by atoms with Crippen molar-refractivity contribution in [2.24, 2.45) is 5.92 Å². The predicted octanol–water partition coefficient (Wildman–Crippen LogP) is 1.12. The molecule has 1 heterocycles. The van der Waals surface area contributed by atoms with Crippen LogP contribution in [0.1, 0.15) is 20.8 Å². The Bertz CT molecular complexity index is 419. The summed E-state index contributed by atoms with van der Waals surface area (Å²) >= 11 is 0. The van der Waals surface area contributed by atoms with Crippen molar-refractivity contribution in [2.75, 3.05) is 30.9 Å². The molecule has 0 radical (unpaired) electrons. The summed E-state index contributed by atoms with van der Waals surface area (Å²) in [7, 11) is 3.75. The third-order valence-corrected chi connectivity index (χ3v) is 2.49. The quantitative estimate of drug-likeness (QED) is 0.806. The molecule has 19 heavy (non-hydrogen) atoms. The van der Waals surface area contributed by atoms with Crippen LogP contribution in [0.2, 0.25) is 0 Å². The molecule has 0 saturated heterocycles. The molecule has 0 fully saturated rings. The molecule has 1 aromatic heterocycles. The third-order valence-electron chi connectivity index (χ3n) is 2.49. The minimum absolute atomic E-state index is 0.0290. The fourth-order valence-corrected chi connectivity index (χ4v) is 1.39. The van der Waals surface area contributed by atoms with Crippen LogP contribution in [0.25, 0.3) is 0 Å². The Morgan fingerprint density at radius 2 is 2.05 bits per heavy atom. The number of anilines is 2. The average molecular weight is 265 g/mol. The van der Waals surface area contributed by atoms with Crippen molar-refractivity contribution in [3.63, 3.8) is 0 Å². The Labute approximate surface area is 114 Å². The van der Waals surface area contributed by atoms with Crippen LogP contribution in [0.4, 0.5) is 11.8 Å². The number of aromatic nitrogens is 2. The van der Waals surface area contributed by atoms with Gasteiger partial charge >= 0.3 is 0 Å². The minimum atomic E-state index is -0.330. The van der Waals surface area contributed by atoms with E-state index in [2.05, 4.69) is 34.4 Å². The molecular weight excluding hydrogens is 242 g/mol. The van der Waals surface area contributed by atoms with Crippen molar-refractivity contribution in [3.05, 3.63) is 12.3 Å². The number of carbonyl (C=O) groups is 1. The lowest BCUT2D eigenvalue weighted by Gasteiger charge is -2.17. The maximum Gasteiger partial charge on any atom is 0.242 e. The van der Waals surface area contributed by atoms with Crippen LogP contribution in [0, 0.1) is 5.92 Å². The van der Waals surface area contributed by atoms with Crippen molar-refractivity contribution in [2.45, 2.75) is 26.8 Å². The van der Waals surface area contributed by atoms with Gasteiger partial charge in [-0.3, -0.25) is 4.79 Å². The van der Waals surface area contributed by atoms with E-state index in [9.17, 15) is 4.79 Å². The second-order valence-corrected chi connectivity index (χ2v) is 5.14. The first kappa shape index (κ1) is 15.2. The number of carbonyl (C=O) groups excluding carboxylic acids is 1. The van der Waals surface area contributed by atoms with Gasteiger partial charge in [-0.05, 0) is 18.9 Å². The number of rotatable bonds is 6. The number of hydrogen-bond donors (Lipinski definition) is 2. The molecule has 6 nitrogen and oxygen atoms in total. The van der Waals surface area contributed by atoms with Crippen LogP contribution in [0.5, 0.6) is 0 Å². The highest BCUT2D eigenvalue weighted by atomic mass is 16.2. The van der Waals surface area contributed by atoms with E-state index < -0.39 is 0 Å². The fourth-order valence-electron chi connectivity index (χ4n) is 1.39.